The fourth-order valence-corrected chi connectivity index (χ4v) is 5.64. The van der Waals surface area contributed by atoms with E-state index in [1.54, 1.807) is 41.6 Å². The molecule has 0 bridgehead atoms. The van der Waals surface area contributed by atoms with Gasteiger partial charge in [-0.05, 0) is 66.9 Å². The molecule has 42 heavy (non-hydrogen) atoms. The van der Waals surface area contributed by atoms with Crippen molar-refractivity contribution in [2.24, 2.45) is 0 Å². The lowest BCUT2D eigenvalue weighted by Gasteiger charge is -2.48. The van der Waals surface area contributed by atoms with Crippen molar-refractivity contribution in [2.45, 2.75) is 31.7 Å². The molecular formula is C32H35ClN6O3. The molecule has 0 radical (unpaired) electrons. The number of hydrogen-bond donors (Lipinski definition) is 2. The Bertz CT molecular complexity index is 1440. The Morgan fingerprint density at radius 2 is 1.95 bits per heavy atom. The molecule has 5 rings (SSSR count). The molecule has 1 atom stereocenters. The Kier molecular flexibility index (Phi) is 9.28. The third kappa shape index (κ3) is 6.68. The van der Waals surface area contributed by atoms with Crippen LogP contribution in [-0.4, -0.2) is 83.9 Å². The van der Waals surface area contributed by atoms with Gasteiger partial charge in [0, 0.05) is 61.9 Å². The van der Waals surface area contributed by atoms with Crippen molar-refractivity contribution < 1.29 is 14.7 Å². The molecule has 1 aromatic heterocycles. The summed E-state index contributed by atoms with van der Waals surface area (Å²) >= 11 is 6.43. The van der Waals surface area contributed by atoms with Crippen LogP contribution in [0.5, 0.6) is 0 Å². The van der Waals surface area contributed by atoms with Crippen LogP contribution in [0.25, 0.3) is 0 Å². The Balaban J connectivity index is 1.38. The molecule has 1 unspecified atom stereocenters. The van der Waals surface area contributed by atoms with Crippen molar-refractivity contribution in [3.63, 3.8) is 0 Å². The van der Waals surface area contributed by atoms with Crippen LogP contribution < -0.4 is 15.1 Å². The number of rotatable bonds is 9. The molecule has 2 aliphatic heterocycles. The summed E-state index contributed by atoms with van der Waals surface area (Å²) in [6.45, 7) is 3.23. The Morgan fingerprint density at radius 1 is 1.19 bits per heavy atom. The van der Waals surface area contributed by atoms with Crippen LogP contribution in [0.15, 0.2) is 67.0 Å². The van der Waals surface area contributed by atoms with Crippen LogP contribution in [0.4, 0.5) is 11.4 Å². The van der Waals surface area contributed by atoms with Gasteiger partial charge in [-0.25, -0.2) is 0 Å². The first-order valence-electron chi connectivity index (χ1n) is 14.0. The standard InChI is InChI=1S/C32H35ClN6O3/c1-3-15-38(26-9-6-24(7-10-26)31(41)35-20-23-5-4-14-34-19-23)22-39-29-18-25(33)8-11-28(29)32(42)36(2)30(39)21-37-16-12-27(40)13-17-37/h1,4-11,14,18-19,27,30,40H,12-13,15-17,20-22H2,2H3,(H,35,41). The van der Waals surface area contributed by atoms with Crippen LogP contribution in [0.3, 0.4) is 0 Å². The molecule has 2 aliphatic rings. The van der Waals surface area contributed by atoms with E-state index in [0.717, 1.165) is 30.0 Å². The largest absolute Gasteiger partial charge is 0.393 e. The fraction of sp³-hybridized carbons (Fsp3) is 0.344. The van der Waals surface area contributed by atoms with E-state index in [1.165, 1.54) is 0 Å². The van der Waals surface area contributed by atoms with E-state index in [1.807, 2.05) is 42.3 Å². The predicted octanol–water partition coefficient (Wildman–Crippen LogP) is 3.44. The quantitative estimate of drug-likeness (QED) is 0.371. The normalized spacial score (nSPS) is 17.5. The van der Waals surface area contributed by atoms with Gasteiger partial charge < -0.3 is 25.1 Å². The van der Waals surface area contributed by atoms with E-state index in [9.17, 15) is 14.7 Å². The highest BCUT2D eigenvalue weighted by Gasteiger charge is 2.38. The third-order valence-electron chi connectivity index (χ3n) is 7.88. The van der Waals surface area contributed by atoms with Gasteiger partial charge in [-0.15, -0.1) is 6.42 Å². The summed E-state index contributed by atoms with van der Waals surface area (Å²) in [7, 11) is 1.82. The number of piperidine rings is 1. The van der Waals surface area contributed by atoms with E-state index in [-0.39, 0.29) is 24.1 Å². The number of carbonyl (C=O) groups excluding carboxylic acids is 2. The number of nitrogens with one attached hydrogen (secondary N) is 1. The van der Waals surface area contributed by atoms with Gasteiger partial charge in [0.15, 0.2) is 0 Å². The number of nitrogens with zero attached hydrogens (tertiary/aromatic N) is 5. The van der Waals surface area contributed by atoms with Crippen LogP contribution in [0.2, 0.25) is 5.02 Å². The summed E-state index contributed by atoms with van der Waals surface area (Å²) in [6, 6.07) is 16.4. The molecule has 218 valence electrons. The number of aromatic nitrogens is 1. The number of likely N-dealkylation sites (tertiary alicyclic amines) is 1. The molecule has 0 aliphatic carbocycles. The summed E-state index contributed by atoms with van der Waals surface area (Å²) in [5.41, 5.74) is 3.63. The molecule has 9 nitrogen and oxygen atoms in total. The number of fused-ring (bicyclic) bond motifs is 1. The molecule has 1 saturated heterocycles. The maximum absolute atomic E-state index is 13.4. The maximum Gasteiger partial charge on any atom is 0.257 e. The zero-order chi connectivity index (χ0) is 29.6. The molecule has 0 spiro atoms. The summed E-state index contributed by atoms with van der Waals surface area (Å²) < 4.78 is 0. The van der Waals surface area contributed by atoms with E-state index in [2.05, 4.69) is 26.0 Å². The Hall–Kier alpha value is -4.10. The molecule has 2 aromatic carbocycles. The maximum atomic E-state index is 13.4. The highest BCUT2D eigenvalue weighted by atomic mass is 35.5. The van der Waals surface area contributed by atoms with Gasteiger partial charge in [0.25, 0.3) is 11.8 Å². The second-order valence-electron chi connectivity index (χ2n) is 10.7. The highest BCUT2D eigenvalue weighted by molar-refractivity contribution is 6.31. The summed E-state index contributed by atoms with van der Waals surface area (Å²) in [5.74, 6) is 2.51. The number of aliphatic hydroxyl groups excluding tert-OH is 1. The van der Waals surface area contributed by atoms with Gasteiger partial charge in [0.2, 0.25) is 0 Å². The SMILES string of the molecule is C#CCN(CN1c2cc(Cl)ccc2C(=O)N(C)C1CN1CCC(O)CC1)c1ccc(C(=O)NCc2cccnc2)cc1. The molecule has 1 fully saturated rings. The first-order chi connectivity index (χ1) is 20.3. The summed E-state index contributed by atoms with van der Waals surface area (Å²) in [5, 5.41) is 13.5. The molecule has 3 heterocycles. The lowest BCUT2D eigenvalue weighted by Crippen LogP contribution is -2.61. The average molecular weight is 587 g/mol. The minimum Gasteiger partial charge on any atom is -0.393 e. The van der Waals surface area contributed by atoms with Gasteiger partial charge in [-0.2, -0.15) is 0 Å². The predicted molar refractivity (Wildman–Crippen MR) is 164 cm³/mol. The third-order valence-corrected chi connectivity index (χ3v) is 8.12. The van der Waals surface area contributed by atoms with Gasteiger partial charge in [0.1, 0.15) is 6.17 Å². The second kappa shape index (κ2) is 13.3. The molecular weight excluding hydrogens is 552 g/mol. The summed E-state index contributed by atoms with van der Waals surface area (Å²) in [4.78, 5) is 38.5. The smallest absolute Gasteiger partial charge is 0.257 e. The summed E-state index contributed by atoms with van der Waals surface area (Å²) in [6.07, 6.45) is 10.1. The van der Waals surface area contributed by atoms with Gasteiger partial charge >= 0.3 is 0 Å². The number of benzene rings is 2. The number of hydrogen-bond acceptors (Lipinski definition) is 7. The Labute approximate surface area is 251 Å². The van der Waals surface area contributed by atoms with Crippen LogP contribution in [0, 0.1) is 12.3 Å². The number of amides is 2. The number of likely N-dealkylation sites (N-methyl/N-ethyl adjacent to an activating group) is 1. The van der Waals surface area contributed by atoms with Crippen molar-refractivity contribution in [2.75, 3.05) is 49.7 Å². The Morgan fingerprint density at radius 3 is 2.64 bits per heavy atom. The van der Waals surface area contributed by atoms with E-state index >= 15 is 0 Å². The van der Waals surface area contributed by atoms with Crippen molar-refractivity contribution in [1.29, 1.82) is 0 Å². The van der Waals surface area contributed by atoms with Crippen molar-refractivity contribution in [1.82, 2.24) is 20.1 Å². The lowest BCUT2D eigenvalue weighted by molar-refractivity contribution is 0.0520. The average Bonchev–Trinajstić information content (AvgIpc) is 3.01. The number of terminal acetylenes is 1. The molecule has 2 amide bonds. The van der Waals surface area contributed by atoms with Crippen molar-refractivity contribution in [3.05, 3.63) is 88.7 Å². The zero-order valence-electron chi connectivity index (χ0n) is 23.6. The van der Waals surface area contributed by atoms with Crippen molar-refractivity contribution in [3.8, 4) is 12.3 Å². The number of halogens is 1. The van der Waals surface area contributed by atoms with E-state index < -0.39 is 0 Å². The minimum absolute atomic E-state index is 0.0647. The second-order valence-corrected chi connectivity index (χ2v) is 11.1. The van der Waals surface area contributed by atoms with Crippen LogP contribution in [-0.2, 0) is 6.54 Å². The molecule has 2 N–H and O–H groups in total. The first kappa shape index (κ1) is 29.4. The minimum atomic E-state index is -0.283. The monoisotopic (exact) mass is 586 g/mol. The number of carbonyl (C=O) groups is 2. The van der Waals surface area contributed by atoms with Gasteiger partial charge in [-0.3, -0.25) is 19.5 Å². The number of pyridine rings is 1. The molecule has 10 heteroatoms. The van der Waals surface area contributed by atoms with Crippen molar-refractivity contribution >= 4 is 34.8 Å². The molecule has 0 saturated carbocycles. The zero-order valence-corrected chi connectivity index (χ0v) is 24.4. The molecule has 3 aromatic rings. The number of anilines is 2. The van der Waals surface area contributed by atoms with E-state index in [0.29, 0.717) is 55.3 Å². The fourth-order valence-electron chi connectivity index (χ4n) is 5.47. The van der Waals surface area contributed by atoms with Gasteiger partial charge in [-0.1, -0.05) is 23.6 Å². The highest BCUT2D eigenvalue weighted by Crippen LogP contribution is 2.34. The number of aliphatic hydroxyl groups is 1. The first-order valence-corrected chi connectivity index (χ1v) is 14.4. The lowest BCUT2D eigenvalue weighted by atomic mass is 10.0. The van der Waals surface area contributed by atoms with Crippen LogP contribution >= 0.6 is 11.6 Å². The van der Waals surface area contributed by atoms with E-state index in [4.69, 9.17) is 18.0 Å². The van der Waals surface area contributed by atoms with Crippen LogP contribution in [0.1, 0.15) is 39.1 Å². The van der Waals surface area contributed by atoms with Gasteiger partial charge in [0.05, 0.1) is 30.6 Å². The topological polar surface area (TPSA) is 92.3 Å².